The third-order valence-electron chi connectivity index (χ3n) is 14.4. The molecule has 6 aromatic rings. The first kappa shape index (κ1) is 61.9. The van der Waals surface area contributed by atoms with Gasteiger partial charge in [0, 0.05) is 37.4 Å². The van der Waals surface area contributed by atoms with Gasteiger partial charge in [-0.15, -0.1) is 24.8 Å². The molecule has 0 aliphatic carbocycles. The fraction of sp³-hybridized carbons (Fsp3) is 0.381. The Labute approximate surface area is 441 Å². The standard InChI is InChI=1S/3C21H27NO.2ClH/c3*1-5-20(23)21(16-17(2)22(3)4,18-12-8-6-9-13-18)19-14-10-7-11-15-19;;/h3*6-15,17H,5,16H2,1-4H3;2*1H. The van der Waals surface area contributed by atoms with Crippen LogP contribution >= 0.6 is 24.8 Å². The highest BCUT2D eigenvalue weighted by atomic mass is 35.5. The van der Waals surface area contributed by atoms with Crippen LogP contribution in [-0.2, 0) is 30.6 Å². The molecular formula is C63H83Cl2N3O3. The summed E-state index contributed by atoms with van der Waals surface area (Å²) in [6.07, 6.45) is 3.93. The van der Waals surface area contributed by atoms with E-state index in [0.29, 0.717) is 37.4 Å². The number of benzene rings is 6. The molecule has 0 spiro atoms. The number of rotatable bonds is 21. The van der Waals surface area contributed by atoms with Crippen molar-refractivity contribution in [2.75, 3.05) is 42.3 Å². The third kappa shape index (κ3) is 15.2. The zero-order chi connectivity index (χ0) is 50.6. The van der Waals surface area contributed by atoms with E-state index in [1.54, 1.807) is 0 Å². The van der Waals surface area contributed by atoms with Gasteiger partial charge in [-0.1, -0.05) is 203 Å². The van der Waals surface area contributed by atoms with E-state index in [4.69, 9.17) is 0 Å². The van der Waals surface area contributed by atoms with Gasteiger partial charge < -0.3 is 14.7 Å². The van der Waals surface area contributed by atoms with Crippen molar-refractivity contribution >= 4 is 42.2 Å². The molecule has 0 saturated carbocycles. The van der Waals surface area contributed by atoms with Gasteiger partial charge >= 0.3 is 0 Å². The maximum absolute atomic E-state index is 13.2. The van der Waals surface area contributed by atoms with E-state index in [0.717, 1.165) is 52.6 Å². The van der Waals surface area contributed by atoms with Crippen molar-refractivity contribution in [2.24, 2.45) is 0 Å². The maximum Gasteiger partial charge on any atom is 0.147 e. The summed E-state index contributed by atoms with van der Waals surface area (Å²) in [7, 11) is 12.4. The van der Waals surface area contributed by atoms with Crippen LogP contribution in [0.15, 0.2) is 182 Å². The fourth-order valence-electron chi connectivity index (χ4n) is 9.63. The average Bonchev–Trinajstić information content (AvgIpc) is 3.39. The monoisotopic (exact) mass is 1000 g/mol. The molecule has 0 radical (unpaired) electrons. The SMILES string of the molecule is CCC(=O)C(CC(C)N(C)C)(c1ccccc1)c1ccccc1.CCC(=O)C(CC(C)N(C)C)(c1ccccc1)c1ccccc1.CCC(=O)C(CC(C)N(C)C)(c1ccccc1)c1ccccc1.Cl.Cl. The predicted octanol–water partition coefficient (Wildman–Crippen LogP) is 13.7. The van der Waals surface area contributed by atoms with Crippen molar-refractivity contribution in [1.29, 1.82) is 0 Å². The minimum Gasteiger partial charge on any atom is -0.307 e. The summed E-state index contributed by atoms with van der Waals surface area (Å²) >= 11 is 0. The molecule has 8 heteroatoms. The van der Waals surface area contributed by atoms with Gasteiger partial charge in [0.05, 0.1) is 16.2 Å². The van der Waals surface area contributed by atoms with E-state index in [-0.39, 0.29) is 42.2 Å². The van der Waals surface area contributed by atoms with Crippen LogP contribution in [0.5, 0.6) is 0 Å². The minimum atomic E-state index is -0.582. The van der Waals surface area contributed by atoms with Gasteiger partial charge in [-0.2, -0.15) is 0 Å². The molecule has 3 unspecified atom stereocenters. The fourth-order valence-corrected chi connectivity index (χ4v) is 9.63. The lowest BCUT2D eigenvalue weighted by atomic mass is 9.67. The van der Waals surface area contributed by atoms with Gasteiger partial charge in [0.15, 0.2) is 0 Å². The maximum atomic E-state index is 13.2. The first-order chi connectivity index (χ1) is 33.1. The number of carbonyl (C=O) groups excluding carboxylic acids is 3. The van der Waals surface area contributed by atoms with Crippen LogP contribution < -0.4 is 0 Å². The number of nitrogens with zero attached hydrogens (tertiary/aromatic N) is 3. The number of carbonyl (C=O) groups is 3. The zero-order valence-corrected chi connectivity index (χ0v) is 46.3. The molecule has 0 saturated heterocycles. The van der Waals surface area contributed by atoms with Crippen LogP contribution in [0.1, 0.15) is 113 Å². The van der Waals surface area contributed by atoms with Crippen molar-refractivity contribution in [1.82, 2.24) is 14.7 Å². The van der Waals surface area contributed by atoms with Gasteiger partial charge in [0.25, 0.3) is 0 Å². The lowest BCUT2D eigenvalue weighted by Gasteiger charge is -2.37. The lowest BCUT2D eigenvalue weighted by Crippen LogP contribution is -2.42. The van der Waals surface area contributed by atoms with Crippen molar-refractivity contribution < 1.29 is 14.4 Å². The van der Waals surface area contributed by atoms with Gasteiger partial charge in [-0.25, -0.2) is 0 Å². The molecule has 6 aromatic carbocycles. The first-order valence-electron chi connectivity index (χ1n) is 25.0. The van der Waals surface area contributed by atoms with Crippen molar-refractivity contribution in [2.45, 2.75) is 114 Å². The zero-order valence-electron chi connectivity index (χ0n) is 44.7. The van der Waals surface area contributed by atoms with Gasteiger partial charge in [-0.3, -0.25) is 14.4 Å². The van der Waals surface area contributed by atoms with Crippen LogP contribution in [0.2, 0.25) is 0 Å². The molecule has 0 aliphatic heterocycles. The third-order valence-corrected chi connectivity index (χ3v) is 14.4. The molecule has 6 rings (SSSR count). The Hall–Kier alpha value is -5.21. The number of hydrogen-bond acceptors (Lipinski definition) is 6. The second-order valence-corrected chi connectivity index (χ2v) is 19.3. The van der Waals surface area contributed by atoms with Gasteiger partial charge in [-0.05, 0) is 116 Å². The molecule has 0 fully saturated rings. The second kappa shape index (κ2) is 30.0. The molecule has 0 aliphatic rings. The molecule has 382 valence electrons. The smallest absolute Gasteiger partial charge is 0.147 e. The second-order valence-electron chi connectivity index (χ2n) is 19.3. The van der Waals surface area contributed by atoms with Crippen LogP contribution in [-0.4, -0.2) is 92.5 Å². The highest BCUT2D eigenvalue weighted by molar-refractivity contribution is 5.95. The summed E-state index contributed by atoms with van der Waals surface area (Å²) < 4.78 is 0. The Morgan fingerprint density at radius 2 is 0.465 bits per heavy atom. The van der Waals surface area contributed by atoms with E-state index < -0.39 is 16.2 Å². The number of hydrogen-bond donors (Lipinski definition) is 0. The Bertz CT molecular complexity index is 2020. The quantitative estimate of drug-likeness (QED) is 0.0716. The number of halogens is 2. The highest BCUT2D eigenvalue weighted by Crippen LogP contribution is 2.42. The summed E-state index contributed by atoms with van der Waals surface area (Å²) in [5, 5.41) is 0. The highest BCUT2D eigenvalue weighted by Gasteiger charge is 2.44. The number of ketones is 3. The van der Waals surface area contributed by atoms with Crippen LogP contribution in [0.3, 0.4) is 0 Å². The van der Waals surface area contributed by atoms with E-state index in [2.05, 4.69) is 151 Å². The van der Waals surface area contributed by atoms with E-state index in [1.807, 2.05) is 130 Å². The summed E-state index contributed by atoms with van der Waals surface area (Å²) in [6.45, 7) is 12.4. The topological polar surface area (TPSA) is 60.9 Å². The van der Waals surface area contributed by atoms with E-state index >= 15 is 0 Å². The summed E-state index contributed by atoms with van der Waals surface area (Å²) in [4.78, 5) is 46.1. The summed E-state index contributed by atoms with van der Waals surface area (Å²) in [5.41, 5.74) is 4.79. The van der Waals surface area contributed by atoms with Crippen LogP contribution in [0.4, 0.5) is 0 Å². The average molecular weight is 1000 g/mol. The van der Waals surface area contributed by atoms with Crippen molar-refractivity contribution in [3.05, 3.63) is 215 Å². The Kier molecular flexibility index (Phi) is 26.1. The van der Waals surface area contributed by atoms with Crippen LogP contribution in [0, 0.1) is 0 Å². The van der Waals surface area contributed by atoms with Crippen LogP contribution in [0.25, 0.3) is 0 Å². The molecule has 0 N–H and O–H groups in total. The van der Waals surface area contributed by atoms with Crippen molar-refractivity contribution in [3.63, 3.8) is 0 Å². The normalized spacial score (nSPS) is 12.7. The molecule has 0 aromatic heterocycles. The first-order valence-corrected chi connectivity index (χ1v) is 25.0. The summed E-state index contributed by atoms with van der Waals surface area (Å²) in [6, 6.07) is 62.2. The molecule has 0 amide bonds. The minimum absolute atomic E-state index is 0. The largest absolute Gasteiger partial charge is 0.307 e. The lowest BCUT2D eigenvalue weighted by molar-refractivity contribution is -0.124. The summed E-state index contributed by atoms with van der Waals surface area (Å²) in [5.74, 6) is 0.843. The molecule has 3 atom stereocenters. The van der Waals surface area contributed by atoms with Gasteiger partial charge in [0.1, 0.15) is 17.3 Å². The molecule has 71 heavy (non-hydrogen) atoms. The predicted molar refractivity (Wildman–Crippen MR) is 305 cm³/mol. The van der Waals surface area contributed by atoms with Crippen molar-refractivity contribution in [3.8, 4) is 0 Å². The molecule has 6 nitrogen and oxygen atoms in total. The van der Waals surface area contributed by atoms with E-state index in [1.165, 1.54) is 0 Å². The van der Waals surface area contributed by atoms with E-state index in [9.17, 15) is 14.4 Å². The van der Waals surface area contributed by atoms with Gasteiger partial charge in [0.2, 0.25) is 0 Å². The molecular weight excluding hydrogens is 918 g/mol. The Morgan fingerprint density at radius 1 is 0.324 bits per heavy atom. The molecule has 0 heterocycles. The number of Topliss-reactive ketones (excluding diaryl/α,β-unsaturated/α-hetero) is 3. The molecule has 0 bridgehead atoms. The Morgan fingerprint density at radius 3 is 0.577 bits per heavy atom. The Balaban J connectivity index is 0.000000360.